The van der Waals surface area contributed by atoms with Gasteiger partial charge in [-0.25, -0.2) is 39.2 Å². The molecule has 0 fully saturated rings. The molecule has 1 atom stereocenters. The molecule has 5 nitrogen and oxygen atoms in total. The van der Waals surface area contributed by atoms with Gasteiger partial charge < -0.3 is 10.3 Å². The number of hydrogen-bond acceptors (Lipinski definition) is 4. The van der Waals surface area contributed by atoms with Crippen LogP contribution in [-0.2, 0) is 17.1 Å². The van der Waals surface area contributed by atoms with Crippen molar-refractivity contribution in [2.45, 2.75) is 13.0 Å². The number of nitrogens with zero attached hydrogens (tertiary/aromatic N) is 4. The molecule has 2 heterocycles. The van der Waals surface area contributed by atoms with Crippen molar-refractivity contribution in [3.05, 3.63) is 72.8 Å². The third-order valence-corrected chi connectivity index (χ3v) is 3.53. The molecule has 0 radical (unpaired) electrons. The number of imidazole rings is 1. The number of rotatable bonds is 2. The summed E-state index contributed by atoms with van der Waals surface area (Å²) in [7, 11) is 0. The second-order valence-corrected chi connectivity index (χ2v) is 4.94. The zero-order chi connectivity index (χ0) is 15.4. The monoisotopic (exact) mass is 347 g/mol. The molecule has 0 saturated heterocycles. The second kappa shape index (κ2) is 7.72. The Bertz CT molecular complexity index is 801. The van der Waals surface area contributed by atoms with Crippen molar-refractivity contribution in [2.75, 3.05) is 5.73 Å². The van der Waals surface area contributed by atoms with E-state index in [2.05, 4.69) is 34.0 Å². The van der Waals surface area contributed by atoms with Crippen molar-refractivity contribution in [3.8, 4) is 0 Å². The van der Waals surface area contributed by atoms with Gasteiger partial charge in [0.2, 0.25) is 0 Å². The molecule has 23 heavy (non-hydrogen) atoms. The van der Waals surface area contributed by atoms with Gasteiger partial charge in [-0.2, -0.15) is 30.3 Å². The minimum absolute atomic E-state index is 0. The summed E-state index contributed by atoms with van der Waals surface area (Å²) < 4.78 is 2.00. The van der Waals surface area contributed by atoms with E-state index < -0.39 is 0 Å². The Morgan fingerprint density at radius 2 is 1.78 bits per heavy atom. The Morgan fingerprint density at radius 3 is 2.39 bits per heavy atom. The van der Waals surface area contributed by atoms with E-state index in [0.717, 1.165) is 5.65 Å². The number of hydrogen-bond donors (Lipinski definition) is 1. The third-order valence-electron chi connectivity index (χ3n) is 3.53. The first-order chi connectivity index (χ1) is 10.8. The van der Waals surface area contributed by atoms with Gasteiger partial charge in [-0.05, 0) is 0 Å². The van der Waals surface area contributed by atoms with Crippen molar-refractivity contribution in [1.82, 2.24) is 19.5 Å². The standard InChI is InChI=1S/C12H12N5.C5H5.Fe/c1-8(9-4-2-3-5-9)17-7-16-10-11(13)14-6-15-12(10)17;1-2-4-5-3-1;/h2-8H,1H3,(H2,13,14,15);1-5H;/q2*-1;+2. The van der Waals surface area contributed by atoms with Crippen LogP contribution in [0, 0.1) is 0 Å². The Morgan fingerprint density at radius 1 is 1.09 bits per heavy atom. The minimum atomic E-state index is 0. The summed E-state index contributed by atoms with van der Waals surface area (Å²) in [6.45, 7) is 2.11. The molecule has 0 bridgehead atoms. The van der Waals surface area contributed by atoms with E-state index in [-0.39, 0.29) is 23.1 Å². The molecule has 1 unspecified atom stereocenters. The smallest absolute Gasteiger partial charge is 0.382 e. The predicted octanol–water partition coefficient (Wildman–Crippen LogP) is 3.14. The summed E-state index contributed by atoms with van der Waals surface area (Å²) >= 11 is 0. The van der Waals surface area contributed by atoms with Gasteiger partial charge in [-0.15, -0.1) is 5.56 Å². The molecule has 0 spiro atoms. The molecule has 2 N–H and O–H groups in total. The van der Waals surface area contributed by atoms with Crippen LogP contribution in [-0.4, -0.2) is 19.5 Å². The number of nitrogens with two attached hydrogens (primary N) is 1. The first-order valence-corrected chi connectivity index (χ1v) is 7.08. The molecule has 0 aliphatic rings. The Hall–Kier alpha value is -2.43. The maximum absolute atomic E-state index is 5.76. The molecule has 2 aromatic heterocycles. The fraction of sp³-hybridized carbons (Fsp3) is 0.118. The summed E-state index contributed by atoms with van der Waals surface area (Å²) in [4.78, 5) is 12.4. The fourth-order valence-corrected chi connectivity index (χ4v) is 2.30. The molecule has 0 saturated carbocycles. The zero-order valence-electron chi connectivity index (χ0n) is 12.6. The number of aromatic nitrogens is 4. The van der Waals surface area contributed by atoms with Gasteiger partial charge in [0.1, 0.15) is 11.8 Å². The van der Waals surface area contributed by atoms with E-state index in [1.165, 1.54) is 11.9 Å². The van der Waals surface area contributed by atoms with Crippen LogP contribution in [0.25, 0.3) is 11.2 Å². The number of anilines is 1. The summed E-state index contributed by atoms with van der Waals surface area (Å²) in [5.74, 6) is 0.420. The molecular formula is C17H17FeN5. The largest absolute Gasteiger partial charge is 2.00 e. The maximum Gasteiger partial charge on any atom is 2.00 e. The van der Waals surface area contributed by atoms with Crippen molar-refractivity contribution >= 4 is 17.0 Å². The molecular weight excluding hydrogens is 330 g/mol. The van der Waals surface area contributed by atoms with E-state index in [1.54, 1.807) is 6.33 Å². The van der Waals surface area contributed by atoms with Crippen molar-refractivity contribution in [1.29, 1.82) is 0 Å². The number of nitrogen functional groups attached to an aromatic ring is 1. The van der Waals surface area contributed by atoms with E-state index >= 15 is 0 Å². The third kappa shape index (κ3) is 3.67. The number of fused-ring (bicyclic) bond motifs is 1. The van der Waals surface area contributed by atoms with Gasteiger partial charge in [-0.3, -0.25) is 0 Å². The van der Waals surface area contributed by atoms with Crippen LogP contribution in [0.5, 0.6) is 0 Å². The average Bonchev–Trinajstić information content (AvgIpc) is 3.28. The molecule has 0 aliphatic heterocycles. The van der Waals surface area contributed by atoms with Crippen LogP contribution in [0.15, 0.2) is 67.3 Å². The van der Waals surface area contributed by atoms with Crippen LogP contribution < -0.4 is 5.73 Å². The Kier molecular flexibility index (Phi) is 5.68. The van der Waals surface area contributed by atoms with Crippen LogP contribution in [0.1, 0.15) is 18.5 Å². The second-order valence-electron chi connectivity index (χ2n) is 4.94. The van der Waals surface area contributed by atoms with Gasteiger partial charge in [0, 0.05) is 6.04 Å². The van der Waals surface area contributed by atoms with Crippen LogP contribution in [0.2, 0.25) is 0 Å². The van der Waals surface area contributed by atoms with Crippen LogP contribution in [0.4, 0.5) is 5.82 Å². The van der Waals surface area contributed by atoms with Crippen molar-refractivity contribution < 1.29 is 17.1 Å². The molecule has 0 aliphatic carbocycles. The average molecular weight is 347 g/mol. The van der Waals surface area contributed by atoms with Crippen LogP contribution in [0.3, 0.4) is 0 Å². The SMILES string of the molecule is CC([c-]1cccc1)n1cnc2c(N)ncnc21.[Fe+2].c1cc[cH-]c1. The first-order valence-electron chi connectivity index (χ1n) is 7.08. The van der Waals surface area contributed by atoms with Crippen molar-refractivity contribution in [3.63, 3.8) is 0 Å². The molecule has 0 amide bonds. The summed E-state index contributed by atoms with van der Waals surface area (Å²) in [6.07, 6.45) is 3.22. The van der Waals surface area contributed by atoms with Crippen LogP contribution >= 0.6 is 0 Å². The van der Waals surface area contributed by atoms with E-state index in [9.17, 15) is 0 Å². The molecule has 2 aromatic carbocycles. The van der Waals surface area contributed by atoms with Gasteiger partial charge >= 0.3 is 17.1 Å². The Labute approximate surface area is 145 Å². The van der Waals surface area contributed by atoms with Crippen molar-refractivity contribution in [2.24, 2.45) is 0 Å². The van der Waals surface area contributed by atoms with E-state index in [4.69, 9.17) is 5.73 Å². The minimum Gasteiger partial charge on any atom is -0.382 e. The molecule has 4 rings (SSSR count). The molecule has 118 valence electrons. The maximum atomic E-state index is 5.76. The van der Waals surface area contributed by atoms with Gasteiger partial charge in [0.15, 0.2) is 11.5 Å². The molecule has 6 heteroatoms. The molecule has 4 aromatic rings. The normalized spacial score (nSPS) is 11.3. The zero-order valence-corrected chi connectivity index (χ0v) is 13.8. The first kappa shape index (κ1) is 16.9. The van der Waals surface area contributed by atoms with Gasteiger partial charge in [0.05, 0.1) is 6.33 Å². The van der Waals surface area contributed by atoms with E-state index in [1.807, 2.05) is 47.0 Å². The quantitative estimate of drug-likeness (QED) is 0.447. The Balaban J connectivity index is 0.000000276. The van der Waals surface area contributed by atoms with E-state index in [0.29, 0.717) is 11.3 Å². The summed E-state index contributed by atoms with van der Waals surface area (Å²) in [5.41, 5.74) is 8.41. The van der Waals surface area contributed by atoms with Gasteiger partial charge in [-0.1, -0.05) is 6.92 Å². The topological polar surface area (TPSA) is 69.6 Å². The fourth-order valence-electron chi connectivity index (χ4n) is 2.30. The summed E-state index contributed by atoms with van der Waals surface area (Å²) in [6, 6.07) is 18.4. The summed E-state index contributed by atoms with van der Waals surface area (Å²) in [5, 5.41) is 0. The van der Waals surface area contributed by atoms with Gasteiger partial charge in [0.25, 0.3) is 0 Å². The predicted molar refractivity (Wildman–Crippen MR) is 87.6 cm³/mol.